The second kappa shape index (κ2) is 7.29. The van der Waals surface area contributed by atoms with Gasteiger partial charge in [-0.25, -0.2) is 0 Å². The average Bonchev–Trinajstić information content (AvgIpc) is 2.17. The van der Waals surface area contributed by atoms with E-state index in [0.717, 1.165) is 13.0 Å². The Morgan fingerprint density at radius 2 is 1.62 bits per heavy atom. The van der Waals surface area contributed by atoms with Gasteiger partial charge in [-0.2, -0.15) is 0 Å². The van der Waals surface area contributed by atoms with Crippen LogP contribution in [0.2, 0.25) is 0 Å². The first-order chi connectivity index (χ1) is 7.33. The van der Waals surface area contributed by atoms with Crippen LogP contribution in [0.5, 0.6) is 0 Å². The fraction of sp³-hybridized carbons (Fsp3) is 1.00. The molecule has 0 heterocycles. The highest BCUT2D eigenvalue weighted by Crippen LogP contribution is 2.22. The van der Waals surface area contributed by atoms with Gasteiger partial charge < -0.3 is 10.4 Å². The zero-order valence-electron chi connectivity index (χ0n) is 11.9. The molecule has 1 atom stereocenters. The SMILES string of the molecule is CCCCCC(C)(C)CNCC(C)(O)CC. The fourth-order valence-electron chi connectivity index (χ4n) is 1.74. The van der Waals surface area contributed by atoms with Crippen molar-refractivity contribution in [3.8, 4) is 0 Å². The van der Waals surface area contributed by atoms with Crippen LogP contribution in [-0.2, 0) is 0 Å². The Kier molecular flexibility index (Phi) is 7.25. The molecule has 16 heavy (non-hydrogen) atoms. The lowest BCUT2D eigenvalue weighted by atomic mass is 9.86. The summed E-state index contributed by atoms with van der Waals surface area (Å²) < 4.78 is 0. The summed E-state index contributed by atoms with van der Waals surface area (Å²) >= 11 is 0. The summed E-state index contributed by atoms with van der Waals surface area (Å²) in [5.74, 6) is 0. The van der Waals surface area contributed by atoms with E-state index in [2.05, 4.69) is 26.1 Å². The summed E-state index contributed by atoms with van der Waals surface area (Å²) in [5, 5.41) is 13.3. The number of hydrogen-bond donors (Lipinski definition) is 2. The molecule has 2 N–H and O–H groups in total. The monoisotopic (exact) mass is 229 g/mol. The highest BCUT2D eigenvalue weighted by atomic mass is 16.3. The van der Waals surface area contributed by atoms with Crippen molar-refractivity contribution < 1.29 is 5.11 Å². The summed E-state index contributed by atoms with van der Waals surface area (Å²) in [5.41, 5.74) is -0.210. The van der Waals surface area contributed by atoms with Gasteiger partial charge in [0.15, 0.2) is 0 Å². The normalized spacial score (nSPS) is 16.1. The van der Waals surface area contributed by atoms with Crippen LogP contribution in [-0.4, -0.2) is 23.8 Å². The number of nitrogens with one attached hydrogen (secondary N) is 1. The zero-order chi connectivity index (χ0) is 12.7. The Balaban J connectivity index is 3.73. The zero-order valence-corrected chi connectivity index (χ0v) is 11.9. The van der Waals surface area contributed by atoms with Crippen LogP contribution in [0, 0.1) is 5.41 Å². The number of hydrogen-bond acceptors (Lipinski definition) is 2. The minimum absolute atomic E-state index is 0.346. The van der Waals surface area contributed by atoms with E-state index in [1.807, 2.05) is 13.8 Å². The first-order valence-corrected chi connectivity index (χ1v) is 6.76. The predicted octanol–water partition coefficient (Wildman–Crippen LogP) is 3.34. The van der Waals surface area contributed by atoms with E-state index in [1.54, 1.807) is 0 Å². The van der Waals surface area contributed by atoms with Gasteiger partial charge >= 0.3 is 0 Å². The topological polar surface area (TPSA) is 32.3 Å². The molecule has 2 nitrogen and oxygen atoms in total. The quantitative estimate of drug-likeness (QED) is 0.594. The van der Waals surface area contributed by atoms with Crippen LogP contribution in [0.3, 0.4) is 0 Å². The van der Waals surface area contributed by atoms with E-state index in [-0.39, 0.29) is 0 Å². The molecule has 0 radical (unpaired) electrons. The molecule has 0 saturated heterocycles. The fourth-order valence-corrected chi connectivity index (χ4v) is 1.74. The van der Waals surface area contributed by atoms with E-state index in [4.69, 9.17) is 0 Å². The molecular formula is C14H31NO. The number of rotatable bonds is 9. The van der Waals surface area contributed by atoms with Crippen LogP contribution in [0.1, 0.15) is 66.7 Å². The van der Waals surface area contributed by atoms with Crippen molar-refractivity contribution in [3.63, 3.8) is 0 Å². The third-order valence-electron chi connectivity index (χ3n) is 3.33. The van der Waals surface area contributed by atoms with Gasteiger partial charge in [0.25, 0.3) is 0 Å². The summed E-state index contributed by atoms with van der Waals surface area (Å²) in [6.07, 6.45) is 6.00. The van der Waals surface area contributed by atoms with E-state index < -0.39 is 5.60 Å². The van der Waals surface area contributed by atoms with Crippen molar-refractivity contribution in [1.29, 1.82) is 0 Å². The summed E-state index contributed by atoms with van der Waals surface area (Å²) in [6.45, 7) is 12.4. The highest BCUT2D eigenvalue weighted by molar-refractivity contribution is 4.77. The van der Waals surface area contributed by atoms with E-state index in [0.29, 0.717) is 12.0 Å². The summed E-state index contributed by atoms with van der Waals surface area (Å²) in [4.78, 5) is 0. The Hall–Kier alpha value is -0.0800. The van der Waals surface area contributed by atoms with Crippen molar-refractivity contribution in [2.75, 3.05) is 13.1 Å². The number of unbranched alkanes of at least 4 members (excludes halogenated alkanes) is 2. The van der Waals surface area contributed by atoms with Gasteiger partial charge in [0, 0.05) is 13.1 Å². The van der Waals surface area contributed by atoms with Gasteiger partial charge in [-0.3, -0.25) is 0 Å². The highest BCUT2D eigenvalue weighted by Gasteiger charge is 2.20. The molecule has 2 heteroatoms. The Morgan fingerprint density at radius 3 is 2.12 bits per heavy atom. The van der Waals surface area contributed by atoms with Crippen molar-refractivity contribution in [3.05, 3.63) is 0 Å². The van der Waals surface area contributed by atoms with E-state index in [9.17, 15) is 5.11 Å². The molecule has 0 spiro atoms. The maximum atomic E-state index is 9.87. The molecule has 0 amide bonds. The second-order valence-corrected chi connectivity index (χ2v) is 6.08. The Bertz CT molecular complexity index is 176. The van der Waals surface area contributed by atoms with Crippen molar-refractivity contribution in [1.82, 2.24) is 5.32 Å². The van der Waals surface area contributed by atoms with Crippen LogP contribution in [0.4, 0.5) is 0 Å². The maximum absolute atomic E-state index is 9.87. The van der Waals surface area contributed by atoms with Gasteiger partial charge in [-0.15, -0.1) is 0 Å². The third kappa shape index (κ3) is 8.12. The molecule has 0 aliphatic heterocycles. The largest absolute Gasteiger partial charge is 0.389 e. The minimum atomic E-state index is -0.556. The summed E-state index contributed by atoms with van der Waals surface area (Å²) in [6, 6.07) is 0. The van der Waals surface area contributed by atoms with E-state index in [1.165, 1.54) is 25.7 Å². The first kappa shape index (κ1) is 15.9. The second-order valence-electron chi connectivity index (χ2n) is 6.08. The molecule has 0 fully saturated rings. The van der Waals surface area contributed by atoms with Gasteiger partial charge in [-0.1, -0.05) is 47.0 Å². The van der Waals surface area contributed by atoms with Crippen molar-refractivity contribution in [2.24, 2.45) is 5.41 Å². The maximum Gasteiger partial charge on any atom is 0.0740 e. The molecule has 98 valence electrons. The third-order valence-corrected chi connectivity index (χ3v) is 3.33. The summed E-state index contributed by atoms with van der Waals surface area (Å²) in [7, 11) is 0. The van der Waals surface area contributed by atoms with Gasteiger partial charge in [0.1, 0.15) is 0 Å². The smallest absolute Gasteiger partial charge is 0.0740 e. The Labute approximate surface area is 102 Å². The lowest BCUT2D eigenvalue weighted by Crippen LogP contribution is -2.41. The molecule has 0 aromatic carbocycles. The lowest BCUT2D eigenvalue weighted by Gasteiger charge is -2.28. The molecule has 1 unspecified atom stereocenters. The first-order valence-electron chi connectivity index (χ1n) is 6.76. The Morgan fingerprint density at radius 1 is 1.00 bits per heavy atom. The van der Waals surface area contributed by atoms with E-state index >= 15 is 0 Å². The van der Waals surface area contributed by atoms with Gasteiger partial charge in [0.05, 0.1) is 5.60 Å². The molecular weight excluding hydrogens is 198 g/mol. The van der Waals surface area contributed by atoms with Crippen LogP contribution in [0.15, 0.2) is 0 Å². The van der Waals surface area contributed by atoms with Gasteiger partial charge in [0.2, 0.25) is 0 Å². The van der Waals surface area contributed by atoms with Gasteiger partial charge in [-0.05, 0) is 25.2 Å². The lowest BCUT2D eigenvalue weighted by molar-refractivity contribution is 0.0531. The van der Waals surface area contributed by atoms with Crippen LogP contribution < -0.4 is 5.32 Å². The van der Waals surface area contributed by atoms with Crippen LogP contribution in [0.25, 0.3) is 0 Å². The average molecular weight is 229 g/mol. The molecule has 0 saturated carbocycles. The molecule has 0 aliphatic carbocycles. The molecule has 0 aliphatic rings. The van der Waals surface area contributed by atoms with Crippen molar-refractivity contribution >= 4 is 0 Å². The van der Waals surface area contributed by atoms with Crippen molar-refractivity contribution in [2.45, 2.75) is 72.3 Å². The standard InChI is InChI=1S/C14H31NO/c1-6-8-9-10-13(3,4)11-15-12-14(5,16)7-2/h15-16H,6-12H2,1-5H3. The molecule has 0 bridgehead atoms. The minimum Gasteiger partial charge on any atom is -0.389 e. The van der Waals surface area contributed by atoms with Crippen LogP contribution >= 0.6 is 0 Å². The predicted molar refractivity (Wildman–Crippen MR) is 71.7 cm³/mol. The molecule has 0 aromatic heterocycles. The number of aliphatic hydroxyl groups is 1. The molecule has 0 aromatic rings. The molecule has 0 rings (SSSR count).